The number of nitrogens with two attached hydrogens (primary N) is 1. The van der Waals surface area contributed by atoms with Crippen LogP contribution < -0.4 is 11.1 Å². The number of rotatable bonds is 2. The molecule has 0 fully saturated rings. The Morgan fingerprint density at radius 1 is 1.21 bits per heavy atom. The van der Waals surface area contributed by atoms with Gasteiger partial charge in [-0.15, -0.1) is 0 Å². The van der Waals surface area contributed by atoms with Gasteiger partial charge in [0.15, 0.2) is 0 Å². The van der Waals surface area contributed by atoms with Gasteiger partial charge in [0.2, 0.25) is 0 Å². The summed E-state index contributed by atoms with van der Waals surface area (Å²) in [4.78, 5) is 12.1. The number of nitrogen functional groups attached to an aromatic ring is 1. The first-order chi connectivity index (χ1) is 8.97. The lowest BCUT2D eigenvalue weighted by atomic mass is 10.1. The first-order valence-corrected chi connectivity index (χ1v) is 6.29. The van der Waals surface area contributed by atoms with Gasteiger partial charge in [0.05, 0.1) is 11.4 Å². The summed E-state index contributed by atoms with van der Waals surface area (Å²) in [5, 5.41) is 3.36. The van der Waals surface area contributed by atoms with Crippen LogP contribution in [0.25, 0.3) is 0 Å². The molecule has 0 aliphatic carbocycles. The molecule has 3 nitrogen and oxygen atoms in total. The summed E-state index contributed by atoms with van der Waals surface area (Å²) in [5.74, 6) is -0.221. The van der Waals surface area contributed by atoms with Gasteiger partial charge in [-0.25, -0.2) is 0 Å². The summed E-state index contributed by atoms with van der Waals surface area (Å²) < 4.78 is 0. The van der Waals surface area contributed by atoms with Gasteiger partial charge in [0.1, 0.15) is 0 Å². The molecule has 2 aromatic carbocycles. The third kappa shape index (κ3) is 3.06. The van der Waals surface area contributed by atoms with Crippen LogP contribution >= 0.6 is 11.6 Å². The summed E-state index contributed by atoms with van der Waals surface area (Å²) in [6, 6.07) is 10.6. The predicted molar refractivity (Wildman–Crippen MR) is 79.7 cm³/mol. The van der Waals surface area contributed by atoms with Crippen molar-refractivity contribution in [2.45, 2.75) is 13.8 Å². The number of halogens is 1. The zero-order valence-electron chi connectivity index (χ0n) is 10.8. The second-order valence-electron chi connectivity index (χ2n) is 4.51. The molecule has 0 radical (unpaired) electrons. The van der Waals surface area contributed by atoms with Crippen LogP contribution in [-0.2, 0) is 0 Å². The molecule has 0 spiro atoms. The highest BCUT2D eigenvalue weighted by Crippen LogP contribution is 2.25. The van der Waals surface area contributed by atoms with Crippen LogP contribution in [-0.4, -0.2) is 5.91 Å². The number of nitrogens with one attached hydrogen (secondary N) is 1. The lowest BCUT2D eigenvalue weighted by molar-refractivity contribution is 0.102. The van der Waals surface area contributed by atoms with E-state index in [1.165, 1.54) is 0 Å². The summed E-state index contributed by atoms with van der Waals surface area (Å²) in [5.41, 5.74) is 9.66. The number of carbonyl (C=O) groups excluding carboxylic acids is 1. The number of carbonyl (C=O) groups is 1. The van der Waals surface area contributed by atoms with Crippen molar-refractivity contribution in [2.75, 3.05) is 11.1 Å². The van der Waals surface area contributed by atoms with Crippen LogP contribution in [0.5, 0.6) is 0 Å². The Labute approximate surface area is 117 Å². The van der Waals surface area contributed by atoms with Gasteiger partial charge in [0, 0.05) is 10.6 Å². The predicted octanol–water partition coefficient (Wildman–Crippen LogP) is 3.79. The summed E-state index contributed by atoms with van der Waals surface area (Å²) in [6.45, 7) is 3.88. The SMILES string of the molecule is Cc1cc(C)c(NC(=O)c2cccc(Cl)c2)c(N)c1. The molecule has 2 aromatic rings. The minimum atomic E-state index is -0.221. The molecule has 0 atom stereocenters. The first kappa shape index (κ1) is 13.4. The molecule has 0 unspecified atom stereocenters. The van der Waals surface area contributed by atoms with E-state index in [9.17, 15) is 4.79 Å². The number of hydrogen-bond acceptors (Lipinski definition) is 2. The van der Waals surface area contributed by atoms with Crippen molar-refractivity contribution in [3.8, 4) is 0 Å². The monoisotopic (exact) mass is 274 g/mol. The standard InChI is InChI=1S/C15H15ClN2O/c1-9-6-10(2)14(13(17)7-9)18-15(19)11-4-3-5-12(16)8-11/h3-8H,17H2,1-2H3,(H,18,19). The van der Waals surface area contributed by atoms with E-state index in [0.29, 0.717) is 22.0 Å². The molecule has 0 aliphatic rings. The largest absolute Gasteiger partial charge is 0.397 e. The average molecular weight is 275 g/mol. The van der Waals surface area contributed by atoms with Gasteiger partial charge in [-0.1, -0.05) is 23.7 Å². The van der Waals surface area contributed by atoms with Crippen LogP contribution in [0.3, 0.4) is 0 Å². The molecule has 2 rings (SSSR count). The topological polar surface area (TPSA) is 55.1 Å². The number of amides is 1. The molecule has 0 saturated heterocycles. The van der Waals surface area contributed by atoms with E-state index in [0.717, 1.165) is 11.1 Å². The number of benzene rings is 2. The molecular weight excluding hydrogens is 260 g/mol. The second-order valence-corrected chi connectivity index (χ2v) is 4.95. The molecule has 3 N–H and O–H groups in total. The highest BCUT2D eigenvalue weighted by Gasteiger charge is 2.10. The second kappa shape index (κ2) is 5.33. The molecule has 98 valence electrons. The number of hydrogen-bond donors (Lipinski definition) is 2. The highest BCUT2D eigenvalue weighted by atomic mass is 35.5. The van der Waals surface area contributed by atoms with Crippen molar-refractivity contribution >= 4 is 28.9 Å². The highest BCUT2D eigenvalue weighted by molar-refractivity contribution is 6.31. The third-order valence-electron chi connectivity index (χ3n) is 2.84. The molecule has 0 heterocycles. The normalized spacial score (nSPS) is 10.3. The summed E-state index contributed by atoms with van der Waals surface area (Å²) in [7, 11) is 0. The maximum Gasteiger partial charge on any atom is 0.255 e. The quantitative estimate of drug-likeness (QED) is 0.819. The van der Waals surface area contributed by atoms with Crippen molar-refractivity contribution < 1.29 is 4.79 Å². The van der Waals surface area contributed by atoms with Crippen LogP contribution in [0.15, 0.2) is 36.4 Å². The molecule has 0 saturated carbocycles. The van der Waals surface area contributed by atoms with Gasteiger partial charge >= 0.3 is 0 Å². The maximum absolute atomic E-state index is 12.1. The van der Waals surface area contributed by atoms with Gasteiger partial charge in [-0.3, -0.25) is 4.79 Å². The Balaban J connectivity index is 2.29. The van der Waals surface area contributed by atoms with Gasteiger partial charge in [-0.2, -0.15) is 0 Å². The molecule has 0 bridgehead atoms. The van der Waals surface area contributed by atoms with Gasteiger partial charge in [0.25, 0.3) is 5.91 Å². The van der Waals surface area contributed by atoms with Gasteiger partial charge < -0.3 is 11.1 Å². The Kier molecular flexibility index (Phi) is 3.76. The Bertz CT molecular complexity index is 615. The zero-order chi connectivity index (χ0) is 14.0. The van der Waals surface area contributed by atoms with E-state index in [-0.39, 0.29) is 5.91 Å². The smallest absolute Gasteiger partial charge is 0.255 e. The Morgan fingerprint density at radius 3 is 2.58 bits per heavy atom. The van der Waals surface area contributed by atoms with Crippen molar-refractivity contribution in [1.29, 1.82) is 0 Å². The van der Waals surface area contributed by atoms with Crippen molar-refractivity contribution in [1.82, 2.24) is 0 Å². The molecule has 1 amide bonds. The van der Waals surface area contributed by atoms with Crippen molar-refractivity contribution in [3.63, 3.8) is 0 Å². The number of aryl methyl sites for hydroxylation is 2. The van der Waals surface area contributed by atoms with E-state index in [2.05, 4.69) is 5.32 Å². The number of anilines is 2. The van der Waals surface area contributed by atoms with Crippen LogP contribution in [0.1, 0.15) is 21.5 Å². The Hall–Kier alpha value is -2.00. The van der Waals surface area contributed by atoms with E-state index in [4.69, 9.17) is 17.3 Å². The van der Waals surface area contributed by atoms with Crippen LogP contribution in [0, 0.1) is 13.8 Å². The fraction of sp³-hybridized carbons (Fsp3) is 0.133. The maximum atomic E-state index is 12.1. The van der Waals surface area contributed by atoms with E-state index < -0.39 is 0 Å². The van der Waals surface area contributed by atoms with Gasteiger partial charge in [-0.05, 0) is 49.2 Å². The first-order valence-electron chi connectivity index (χ1n) is 5.91. The lowest BCUT2D eigenvalue weighted by Gasteiger charge is -2.12. The van der Waals surface area contributed by atoms with E-state index in [1.807, 2.05) is 26.0 Å². The minimum Gasteiger partial charge on any atom is -0.397 e. The van der Waals surface area contributed by atoms with Crippen LogP contribution in [0.2, 0.25) is 5.02 Å². The summed E-state index contributed by atoms with van der Waals surface area (Å²) >= 11 is 5.87. The molecular formula is C15H15ClN2O. The molecule has 0 aliphatic heterocycles. The zero-order valence-corrected chi connectivity index (χ0v) is 11.6. The van der Waals surface area contributed by atoms with E-state index in [1.54, 1.807) is 24.3 Å². The fourth-order valence-corrected chi connectivity index (χ4v) is 2.18. The van der Waals surface area contributed by atoms with Crippen molar-refractivity contribution in [2.24, 2.45) is 0 Å². The Morgan fingerprint density at radius 2 is 1.95 bits per heavy atom. The summed E-state index contributed by atoms with van der Waals surface area (Å²) in [6.07, 6.45) is 0. The molecule has 0 aromatic heterocycles. The minimum absolute atomic E-state index is 0.221. The molecule has 19 heavy (non-hydrogen) atoms. The average Bonchev–Trinajstić information content (AvgIpc) is 2.33. The van der Waals surface area contributed by atoms with Crippen LogP contribution in [0.4, 0.5) is 11.4 Å². The van der Waals surface area contributed by atoms with Crippen molar-refractivity contribution in [3.05, 3.63) is 58.1 Å². The third-order valence-corrected chi connectivity index (χ3v) is 3.07. The molecule has 4 heteroatoms. The van der Waals surface area contributed by atoms with E-state index >= 15 is 0 Å². The lowest BCUT2D eigenvalue weighted by Crippen LogP contribution is -2.14. The fourth-order valence-electron chi connectivity index (χ4n) is 1.99.